The lowest BCUT2D eigenvalue weighted by molar-refractivity contribution is 0.544. The molecule has 0 unspecified atom stereocenters. The summed E-state index contributed by atoms with van der Waals surface area (Å²) in [7, 11) is 0. The molecule has 74 valence electrons. The second-order valence-electron chi connectivity index (χ2n) is 3.95. The summed E-state index contributed by atoms with van der Waals surface area (Å²) in [5.41, 5.74) is 1.15. The molecule has 0 spiro atoms. The summed E-state index contributed by atoms with van der Waals surface area (Å²) in [5, 5.41) is 0.654. The van der Waals surface area contributed by atoms with Crippen molar-refractivity contribution in [3.8, 4) is 0 Å². The Morgan fingerprint density at radius 1 is 1.23 bits per heavy atom. The molecule has 1 heterocycles. The lowest BCUT2D eigenvalue weighted by Crippen LogP contribution is -2.08. The van der Waals surface area contributed by atoms with Gasteiger partial charge in [0.25, 0.3) is 0 Å². The van der Waals surface area contributed by atoms with Gasteiger partial charge < -0.3 is 4.57 Å². The van der Waals surface area contributed by atoms with Gasteiger partial charge in [0.2, 0.25) is 0 Å². The zero-order valence-electron chi connectivity index (χ0n) is 8.93. The molecule has 0 aliphatic heterocycles. The van der Waals surface area contributed by atoms with E-state index >= 15 is 0 Å². The first-order valence-electron chi connectivity index (χ1n) is 4.69. The van der Waals surface area contributed by atoms with E-state index in [-0.39, 0.29) is 0 Å². The summed E-state index contributed by atoms with van der Waals surface area (Å²) in [6, 6.07) is 0.428. The number of hydrogen-bond donors (Lipinski definition) is 0. The van der Waals surface area contributed by atoms with Crippen LogP contribution in [-0.2, 0) is 0 Å². The van der Waals surface area contributed by atoms with Crippen molar-refractivity contribution in [2.75, 3.05) is 0 Å². The van der Waals surface area contributed by atoms with Crippen molar-refractivity contribution < 1.29 is 0 Å². The maximum atomic E-state index is 6.06. The molecule has 3 heteroatoms. The van der Waals surface area contributed by atoms with Crippen molar-refractivity contribution in [1.82, 2.24) is 9.55 Å². The van der Waals surface area contributed by atoms with Crippen LogP contribution in [-0.4, -0.2) is 9.55 Å². The van der Waals surface area contributed by atoms with Crippen LogP contribution in [0.2, 0.25) is 5.15 Å². The molecule has 0 aliphatic carbocycles. The fraction of sp³-hybridized carbons (Fsp3) is 0.700. The first-order valence-corrected chi connectivity index (χ1v) is 5.07. The van der Waals surface area contributed by atoms with E-state index in [1.165, 1.54) is 0 Å². The molecule has 2 nitrogen and oxygen atoms in total. The first kappa shape index (κ1) is 10.6. The molecule has 1 aromatic heterocycles. The monoisotopic (exact) mass is 200 g/mol. The third-order valence-electron chi connectivity index (χ3n) is 2.14. The van der Waals surface area contributed by atoms with Gasteiger partial charge in [0, 0.05) is 6.04 Å². The minimum atomic E-state index is 0.427. The van der Waals surface area contributed by atoms with E-state index in [9.17, 15) is 0 Å². The van der Waals surface area contributed by atoms with Gasteiger partial charge in [-0.25, -0.2) is 4.98 Å². The molecule has 0 aromatic carbocycles. The molecule has 0 saturated carbocycles. The van der Waals surface area contributed by atoms with Crippen molar-refractivity contribution >= 4 is 11.6 Å². The third-order valence-corrected chi connectivity index (χ3v) is 2.42. The number of aromatic nitrogens is 2. The quantitative estimate of drug-likeness (QED) is 0.714. The van der Waals surface area contributed by atoms with E-state index in [1.54, 1.807) is 0 Å². The lowest BCUT2D eigenvalue weighted by Gasteiger charge is -2.16. The molecule has 1 aromatic rings. The van der Waals surface area contributed by atoms with Crippen LogP contribution in [0.1, 0.15) is 51.2 Å². The Balaban J connectivity index is 3.29. The van der Waals surface area contributed by atoms with Crippen molar-refractivity contribution in [3.63, 3.8) is 0 Å². The van der Waals surface area contributed by atoms with Gasteiger partial charge in [0.1, 0.15) is 5.82 Å². The smallest absolute Gasteiger partial charge is 0.150 e. The minimum Gasteiger partial charge on any atom is -0.328 e. The summed E-state index contributed by atoms with van der Waals surface area (Å²) >= 11 is 6.06. The molecule has 1 rings (SSSR count). The Labute approximate surface area is 84.9 Å². The molecular weight excluding hydrogens is 184 g/mol. The SMILES string of the molecule is Cc1nc(Cl)c(C(C)C)n1C(C)C. The number of imidazole rings is 1. The zero-order chi connectivity index (χ0) is 10.2. The summed E-state index contributed by atoms with van der Waals surface area (Å²) < 4.78 is 2.20. The van der Waals surface area contributed by atoms with Gasteiger partial charge >= 0.3 is 0 Å². The highest BCUT2D eigenvalue weighted by molar-refractivity contribution is 6.30. The average molecular weight is 201 g/mol. The molecule has 0 N–H and O–H groups in total. The summed E-state index contributed by atoms with van der Waals surface area (Å²) in [6.07, 6.45) is 0. The van der Waals surface area contributed by atoms with Gasteiger partial charge in [-0.15, -0.1) is 0 Å². The van der Waals surface area contributed by atoms with Crippen molar-refractivity contribution in [1.29, 1.82) is 0 Å². The van der Waals surface area contributed by atoms with Crippen LogP contribution < -0.4 is 0 Å². The molecule has 0 amide bonds. The fourth-order valence-electron chi connectivity index (χ4n) is 1.70. The highest BCUT2D eigenvalue weighted by atomic mass is 35.5. The van der Waals surface area contributed by atoms with E-state index in [0.29, 0.717) is 17.1 Å². The van der Waals surface area contributed by atoms with Gasteiger partial charge in [-0.3, -0.25) is 0 Å². The number of rotatable bonds is 2. The third kappa shape index (κ3) is 1.88. The van der Waals surface area contributed by atoms with E-state index in [1.807, 2.05) is 6.92 Å². The average Bonchev–Trinajstić information content (AvgIpc) is 2.24. The van der Waals surface area contributed by atoms with Gasteiger partial charge in [0.15, 0.2) is 5.15 Å². The number of nitrogens with zero attached hydrogens (tertiary/aromatic N) is 2. The Hall–Kier alpha value is -0.500. The second kappa shape index (κ2) is 3.70. The van der Waals surface area contributed by atoms with Crippen molar-refractivity contribution in [3.05, 3.63) is 16.7 Å². The van der Waals surface area contributed by atoms with Gasteiger partial charge in [0.05, 0.1) is 5.69 Å². The molecule has 0 atom stereocenters. The molecule has 0 aliphatic rings. The molecule has 0 radical (unpaired) electrons. The largest absolute Gasteiger partial charge is 0.328 e. The Kier molecular flexibility index (Phi) is 3.01. The number of aryl methyl sites for hydroxylation is 1. The maximum absolute atomic E-state index is 6.06. The van der Waals surface area contributed by atoms with Crippen LogP contribution in [0.3, 0.4) is 0 Å². The first-order chi connectivity index (χ1) is 5.95. The summed E-state index contributed by atoms with van der Waals surface area (Å²) in [5.74, 6) is 1.43. The Bertz CT molecular complexity index is 272. The van der Waals surface area contributed by atoms with E-state index < -0.39 is 0 Å². The molecular formula is C10H17ClN2. The zero-order valence-corrected chi connectivity index (χ0v) is 9.68. The molecule has 0 fully saturated rings. The van der Waals surface area contributed by atoms with Crippen molar-refractivity contribution in [2.24, 2.45) is 0 Å². The van der Waals surface area contributed by atoms with Gasteiger partial charge in [-0.1, -0.05) is 25.4 Å². The van der Waals surface area contributed by atoms with Crippen LogP contribution >= 0.6 is 11.6 Å². The number of hydrogen-bond acceptors (Lipinski definition) is 1. The predicted molar refractivity (Wildman–Crippen MR) is 56.4 cm³/mol. The molecule has 13 heavy (non-hydrogen) atoms. The second-order valence-corrected chi connectivity index (χ2v) is 4.31. The standard InChI is InChI=1S/C10H17ClN2/c1-6(2)9-10(11)12-8(5)13(9)7(3)4/h6-7H,1-5H3. The Morgan fingerprint density at radius 2 is 1.77 bits per heavy atom. The normalized spacial score (nSPS) is 11.7. The van der Waals surface area contributed by atoms with E-state index in [4.69, 9.17) is 11.6 Å². The topological polar surface area (TPSA) is 17.8 Å². The van der Waals surface area contributed by atoms with Crippen LogP contribution in [0.15, 0.2) is 0 Å². The molecule has 0 saturated heterocycles. The van der Waals surface area contributed by atoms with Gasteiger partial charge in [-0.05, 0) is 26.7 Å². The summed E-state index contributed by atoms with van der Waals surface area (Å²) in [4.78, 5) is 4.28. The minimum absolute atomic E-state index is 0.427. The predicted octanol–water partition coefficient (Wildman–Crippen LogP) is 3.55. The van der Waals surface area contributed by atoms with E-state index in [2.05, 4.69) is 37.2 Å². The van der Waals surface area contributed by atoms with Gasteiger partial charge in [-0.2, -0.15) is 0 Å². The summed E-state index contributed by atoms with van der Waals surface area (Å²) in [6.45, 7) is 10.6. The lowest BCUT2D eigenvalue weighted by atomic mass is 10.1. The van der Waals surface area contributed by atoms with Crippen LogP contribution in [0.25, 0.3) is 0 Å². The highest BCUT2D eigenvalue weighted by Gasteiger charge is 2.17. The van der Waals surface area contributed by atoms with Crippen molar-refractivity contribution in [2.45, 2.75) is 46.6 Å². The van der Waals surface area contributed by atoms with Crippen LogP contribution in [0.5, 0.6) is 0 Å². The Morgan fingerprint density at radius 3 is 2.08 bits per heavy atom. The number of halogens is 1. The molecule has 0 bridgehead atoms. The van der Waals surface area contributed by atoms with E-state index in [0.717, 1.165) is 11.5 Å². The fourth-order valence-corrected chi connectivity index (χ4v) is 2.13. The highest BCUT2D eigenvalue weighted by Crippen LogP contribution is 2.27. The maximum Gasteiger partial charge on any atom is 0.150 e. The van der Waals surface area contributed by atoms with Crippen LogP contribution in [0.4, 0.5) is 0 Å². The van der Waals surface area contributed by atoms with Crippen LogP contribution in [0, 0.1) is 6.92 Å².